The first kappa shape index (κ1) is 18.1. The number of nitrogens with zero attached hydrogens (tertiary/aromatic N) is 1. The topological polar surface area (TPSA) is 87.6 Å². The van der Waals surface area contributed by atoms with Gasteiger partial charge in [0.1, 0.15) is 16.3 Å². The monoisotopic (exact) mass is 426 g/mol. The second-order valence-electron chi connectivity index (χ2n) is 7.01. The molecule has 2 atom stereocenters. The summed E-state index contributed by atoms with van der Waals surface area (Å²) in [5.74, 6) is 0.646. The third-order valence-corrected chi connectivity index (χ3v) is 6.71. The van der Waals surface area contributed by atoms with Crippen LogP contribution in [-0.2, 0) is 0 Å². The summed E-state index contributed by atoms with van der Waals surface area (Å²) < 4.78 is 7.78. The predicted octanol–water partition coefficient (Wildman–Crippen LogP) is 3.58. The van der Waals surface area contributed by atoms with Crippen LogP contribution in [-0.4, -0.2) is 28.1 Å². The molecule has 2 aromatic heterocycles. The lowest BCUT2D eigenvalue weighted by Gasteiger charge is -2.23. The standard InChI is InChI=1S/C20H18N4O3S2/c1-2-10-5-3-4-6-12(10)22-19(26)16-17-23-18(25)11-7-13-15(27-9-21-13)8-14(11)24(17)20(28)29-16/h3-8,10,12,21H,2,9H2,1H3,(H,22,26)(H,23,25). The maximum absolute atomic E-state index is 13.1. The smallest absolute Gasteiger partial charge is 0.265 e. The number of aromatic nitrogens is 2. The zero-order chi connectivity index (χ0) is 20.1. The number of carbonyl (C=O) groups is 1. The average Bonchev–Trinajstić information content (AvgIpc) is 3.31. The molecule has 0 spiro atoms. The first-order valence-electron chi connectivity index (χ1n) is 9.35. The third kappa shape index (κ3) is 2.89. The summed E-state index contributed by atoms with van der Waals surface area (Å²) in [6.07, 6.45) is 8.91. The normalized spacial score (nSPS) is 19.9. The summed E-state index contributed by atoms with van der Waals surface area (Å²) in [5, 5.41) is 6.63. The quantitative estimate of drug-likeness (QED) is 0.557. The van der Waals surface area contributed by atoms with Crippen molar-refractivity contribution in [3.8, 4) is 5.75 Å². The van der Waals surface area contributed by atoms with E-state index in [1.807, 2.05) is 18.2 Å². The number of fused-ring (bicyclic) bond motifs is 4. The van der Waals surface area contributed by atoms with Crippen LogP contribution in [0.15, 0.2) is 41.2 Å². The van der Waals surface area contributed by atoms with Crippen LogP contribution in [0.25, 0.3) is 16.6 Å². The minimum Gasteiger partial charge on any atom is -0.471 e. The van der Waals surface area contributed by atoms with Crippen LogP contribution < -0.4 is 20.9 Å². The molecule has 1 aliphatic heterocycles. The van der Waals surface area contributed by atoms with Crippen molar-refractivity contribution in [2.24, 2.45) is 5.92 Å². The molecular weight excluding hydrogens is 408 g/mol. The fraction of sp³-hybridized carbons (Fsp3) is 0.250. The van der Waals surface area contributed by atoms with E-state index in [1.165, 1.54) is 11.3 Å². The molecule has 29 heavy (non-hydrogen) atoms. The fourth-order valence-electron chi connectivity index (χ4n) is 3.83. The molecule has 0 fully saturated rings. The van der Waals surface area contributed by atoms with Crippen molar-refractivity contribution in [3.63, 3.8) is 0 Å². The van der Waals surface area contributed by atoms with Gasteiger partial charge in [0.25, 0.3) is 11.5 Å². The lowest BCUT2D eigenvalue weighted by atomic mass is 9.93. The van der Waals surface area contributed by atoms with E-state index >= 15 is 0 Å². The summed E-state index contributed by atoms with van der Waals surface area (Å²) >= 11 is 6.73. The minimum atomic E-state index is -0.273. The van der Waals surface area contributed by atoms with Crippen LogP contribution in [0.4, 0.5) is 5.69 Å². The Morgan fingerprint density at radius 1 is 1.38 bits per heavy atom. The van der Waals surface area contributed by atoms with Gasteiger partial charge in [0, 0.05) is 12.0 Å². The molecule has 1 aliphatic carbocycles. The Morgan fingerprint density at radius 3 is 3.03 bits per heavy atom. The highest BCUT2D eigenvalue weighted by Gasteiger charge is 2.24. The second kappa shape index (κ2) is 6.85. The molecule has 2 aliphatic rings. The van der Waals surface area contributed by atoms with Crippen LogP contribution in [0.3, 0.4) is 0 Å². The number of nitrogens with one attached hydrogen (secondary N) is 3. The van der Waals surface area contributed by atoms with Gasteiger partial charge >= 0.3 is 0 Å². The van der Waals surface area contributed by atoms with E-state index in [2.05, 4.69) is 28.6 Å². The molecule has 0 saturated heterocycles. The van der Waals surface area contributed by atoms with E-state index in [1.54, 1.807) is 16.5 Å². The number of amides is 1. The van der Waals surface area contributed by atoms with Crippen molar-refractivity contribution in [2.75, 3.05) is 12.0 Å². The molecular formula is C20H18N4O3S2. The molecule has 3 N–H and O–H groups in total. The Labute approximate surface area is 174 Å². The fourth-order valence-corrected chi connectivity index (χ4v) is 5.12. The molecule has 0 saturated carbocycles. The summed E-state index contributed by atoms with van der Waals surface area (Å²) in [6.45, 7) is 2.45. The van der Waals surface area contributed by atoms with Crippen molar-refractivity contribution in [3.05, 3.63) is 55.6 Å². The Morgan fingerprint density at radius 2 is 2.21 bits per heavy atom. The van der Waals surface area contributed by atoms with Gasteiger partial charge in [-0.3, -0.25) is 14.0 Å². The van der Waals surface area contributed by atoms with Crippen LogP contribution in [0.1, 0.15) is 23.0 Å². The number of allylic oxidation sites excluding steroid dienone is 2. The van der Waals surface area contributed by atoms with E-state index in [4.69, 9.17) is 17.0 Å². The number of ether oxygens (including phenoxy) is 1. The summed E-state index contributed by atoms with van der Waals surface area (Å²) in [4.78, 5) is 29.0. The first-order valence-corrected chi connectivity index (χ1v) is 10.6. The number of anilines is 1. The molecule has 3 aromatic rings. The van der Waals surface area contributed by atoms with Gasteiger partial charge in [0.15, 0.2) is 10.7 Å². The molecule has 0 bridgehead atoms. The lowest BCUT2D eigenvalue weighted by Crippen LogP contribution is -2.38. The van der Waals surface area contributed by atoms with Gasteiger partial charge < -0.3 is 20.4 Å². The number of carbonyl (C=O) groups excluding carboxylic acids is 1. The number of thiazole rings is 1. The largest absolute Gasteiger partial charge is 0.471 e. The van der Waals surface area contributed by atoms with Crippen molar-refractivity contribution >= 4 is 51.7 Å². The minimum absolute atomic E-state index is 0.0943. The molecule has 9 heteroatoms. The second-order valence-corrected chi connectivity index (χ2v) is 8.65. The molecule has 148 valence electrons. The van der Waals surface area contributed by atoms with Gasteiger partial charge in [-0.1, -0.05) is 42.6 Å². The van der Waals surface area contributed by atoms with Gasteiger partial charge in [0.2, 0.25) is 0 Å². The lowest BCUT2D eigenvalue weighted by molar-refractivity contribution is 0.0942. The van der Waals surface area contributed by atoms with Crippen molar-refractivity contribution < 1.29 is 9.53 Å². The van der Waals surface area contributed by atoms with Crippen LogP contribution in [0.5, 0.6) is 5.75 Å². The molecule has 5 rings (SSSR count). The zero-order valence-corrected chi connectivity index (χ0v) is 17.2. The Hall–Kier alpha value is -2.91. The highest BCUT2D eigenvalue weighted by Crippen LogP contribution is 2.34. The maximum Gasteiger partial charge on any atom is 0.265 e. The number of hydrogen-bond donors (Lipinski definition) is 3. The van der Waals surface area contributed by atoms with E-state index in [9.17, 15) is 9.59 Å². The van der Waals surface area contributed by atoms with Crippen molar-refractivity contribution in [1.29, 1.82) is 0 Å². The van der Waals surface area contributed by atoms with Gasteiger partial charge in [-0.05, 0) is 24.7 Å². The van der Waals surface area contributed by atoms with E-state index in [-0.39, 0.29) is 23.4 Å². The van der Waals surface area contributed by atoms with Gasteiger partial charge in [-0.2, -0.15) is 0 Å². The highest BCUT2D eigenvalue weighted by molar-refractivity contribution is 7.73. The van der Waals surface area contributed by atoms with E-state index in [0.717, 1.165) is 12.1 Å². The third-order valence-electron chi connectivity index (χ3n) is 5.34. The first-order chi connectivity index (χ1) is 14.1. The van der Waals surface area contributed by atoms with Gasteiger partial charge in [-0.25, -0.2) is 0 Å². The van der Waals surface area contributed by atoms with E-state index in [0.29, 0.717) is 37.9 Å². The number of hydrogen-bond acceptors (Lipinski definition) is 6. The molecule has 0 radical (unpaired) electrons. The SMILES string of the molecule is CCC1C=CC=CC1NC(=O)c1sc(=S)n2c1[nH]c(=O)c1cc3c(cc12)OCN3. The van der Waals surface area contributed by atoms with Crippen molar-refractivity contribution in [2.45, 2.75) is 19.4 Å². The summed E-state index contributed by atoms with van der Waals surface area (Å²) in [6, 6.07) is 3.45. The summed E-state index contributed by atoms with van der Waals surface area (Å²) in [7, 11) is 0. The Bertz CT molecular complexity index is 1330. The predicted molar refractivity (Wildman–Crippen MR) is 117 cm³/mol. The molecule has 3 heterocycles. The summed E-state index contributed by atoms with van der Waals surface area (Å²) in [5.41, 5.74) is 1.53. The highest BCUT2D eigenvalue weighted by atomic mass is 32.1. The molecule has 1 amide bonds. The molecule has 2 unspecified atom stereocenters. The van der Waals surface area contributed by atoms with Crippen LogP contribution in [0.2, 0.25) is 0 Å². The Balaban J connectivity index is 1.63. The average molecular weight is 427 g/mol. The van der Waals surface area contributed by atoms with Crippen LogP contribution in [0, 0.1) is 9.87 Å². The van der Waals surface area contributed by atoms with Gasteiger partial charge in [0.05, 0.1) is 22.6 Å². The van der Waals surface area contributed by atoms with Gasteiger partial charge in [-0.15, -0.1) is 0 Å². The number of aromatic amines is 1. The maximum atomic E-state index is 13.1. The zero-order valence-electron chi connectivity index (χ0n) is 15.5. The molecule has 7 nitrogen and oxygen atoms in total. The number of rotatable bonds is 3. The molecule has 1 aromatic carbocycles. The number of benzene rings is 1. The van der Waals surface area contributed by atoms with Crippen molar-refractivity contribution in [1.82, 2.24) is 14.7 Å². The number of H-pyrrole nitrogens is 1. The Kier molecular flexibility index (Phi) is 4.29. The van der Waals surface area contributed by atoms with E-state index < -0.39 is 0 Å². The van der Waals surface area contributed by atoms with Crippen LogP contribution >= 0.6 is 23.6 Å².